The Kier molecular flexibility index (Phi) is 5.61. The molecular weight excluding hydrogens is 547 g/mol. The Morgan fingerprint density at radius 3 is 1.27 bits per heavy atom. The molecule has 0 radical (unpaired) electrons. The van der Waals surface area contributed by atoms with Crippen LogP contribution in [0.1, 0.15) is 81.0 Å². The molecule has 0 aromatic heterocycles. The molecule has 0 N–H and O–H groups in total. The third-order valence-corrected chi connectivity index (χ3v) is 8.98. The third-order valence-electron chi connectivity index (χ3n) is 8.38. The maximum Gasteiger partial charge on any atom is 0.261 e. The summed E-state index contributed by atoms with van der Waals surface area (Å²) in [5, 5.41) is 5.92. The molecule has 2 aliphatic rings. The Hall–Kier alpha value is -3.74. The van der Waals surface area contributed by atoms with Gasteiger partial charge in [0.25, 0.3) is 23.6 Å². The van der Waals surface area contributed by atoms with Crippen molar-refractivity contribution >= 4 is 89.9 Å². The molecule has 2 heterocycles. The predicted molar refractivity (Wildman–Crippen MR) is 158 cm³/mol. The second-order valence-corrected chi connectivity index (χ2v) is 11.4. The van der Waals surface area contributed by atoms with Gasteiger partial charge in [0.05, 0.1) is 11.1 Å². The third kappa shape index (κ3) is 3.12. The number of carbonyl (C=O) groups excluding carboxylic acids is 4. The van der Waals surface area contributed by atoms with E-state index in [1.54, 1.807) is 24.3 Å². The number of hydrogen-bond donors (Lipinski definition) is 0. The quantitative estimate of drug-likeness (QED) is 0.118. The molecule has 0 bridgehead atoms. The zero-order chi connectivity index (χ0) is 28.0. The monoisotopic (exact) mass is 570 g/mol. The van der Waals surface area contributed by atoms with Crippen molar-refractivity contribution in [2.45, 2.75) is 39.5 Å². The lowest BCUT2D eigenvalue weighted by atomic mass is 9.82. The number of imide groups is 2. The summed E-state index contributed by atoms with van der Waals surface area (Å²) in [6.45, 7) is 4.70. The van der Waals surface area contributed by atoms with Crippen LogP contribution in [0.25, 0.3) is 43.1 Å². The summed E-state index contributed by atoms with van der Waals surface area (Å²) in [7, 11) is 0. The SMILES string of the molecule is CCCCN1C(=O)c2ccc3c4ccc5c6c(cc(Cl)c(c7c(Cl)cc(c2c37)C1=O)c64)C(=O)N(CCCC)C5=O. The minimum absolute atomic E-state index is 0.323. The topological polar surface area (TPSA) is 74.8 Å². The van der Waals surface area contributed by atoms with E-state index in [1.807, 2.05) is 26.0 Å². The van der Waals surface area contributed by atoms with Crippen LogP contribution >= 0.6 is 23.2 Å². The molecule has 4 amide bonds. The Labute approximate surface area is 239 Å². The Balaban J connectivity index is 1.61. The van der Waals surface area contributed by atoms with Gasteiger partial charge in [-0.25, -0.2) is 0 Å². The van der Waals surface area contributed by atoms with E-state index >= 15 is 0 Å². The smallest absolute Gasteiger partial charge is 0.261 e. The molecule has 0 unspecified atom stereocenters. The van der Waals surface area contributed by atoms with Crippen molar-refractivity contribution in [1.29, 1.82) is 0 Å². The highest BCUT2D eigenvalue weighted by atomic mass is 35.5. The highest BCUT2D eigenvalue weighted by molar-refractivity contribution is 6.51. The first-order valence-electron chi connectivity index (χ1n) is 13.6. The van der Waals surface area contributed by atoms with Crippen LogP contribution in [0.2, 0.25) is 10.0 Å². The first-order valence-corrected chi connectivity index (χ1v) is 14.4. The first kappa shape index (κ1) is 25.2. The normalized spacial score (nSPS) is 15.2. The average molecular weight is 571 g/mol. The van der Waals surface area contributed by atoms with Crippen molar-refractivity contribution < 1.29 is 19.2 Å². The van der Waals surface area contributed by atoms with Gasteiger partial charge in [-0.15, -0.1) is 0 Å². The number of nitrogens with zero attached hydrogens (tertiary/aromatic N) is 2. The molecular formula is C32H24Cl2N2O4. The van der Waals surface area contributed by atoms with Gasteiger partial charge in [0.1, 0.15) is 0 Å². The summed E-state index contributed by atoms with van der Waals surface area (Å²) in [5.74, 6) is -1.36. The summed E-state index contributed by atoms with van der Waals surface area (Å²) in [6.07, 6.45) is 3.12. The van der Waals surface area contributed by atoms with Gasteiger partial charge >= 0.3 is 0 Å². The van der Waals surface area contributed by atoms with Gasteiger partial charge in [-0.1, -0.05) is 62.0 Å². The fourth-order valence-corrected chi connectivity index (χ4v) is 7.10. The molecule has 5 aromatic rings. The molecule has 6 nitrogen and oxygen atoms in total. The minimum atomic E-state index is -0.359. The fourth-order valence-electron chi connectivity index (χ4n) is 6.50. The van der Waals surface area contributed by atoms with E-state index < -0.39 is 0 Å². The van der Waals surface area contributed by atoms with Crippen molar-refractivity contribution in [2.24, 2.45) is 0 Å². The summed E-state index contributed by atoms with van der Waals surface area (Å²) in [6, 6.07) is 10.5. The molecule has 0 fully saturated rings. The lowest BCUT2D eigenvalue weighted by Gasteiger charge is -2.30. The van der Waals surface area contributed by atoms with Gasteiger partial charge in [-0.3, -0.25) is 29.0 Å². The van der Waals surface area contributed by atoms with Crippen molar-refractivity contribution in [3.05, 3.63) is 68.7 Å². The summed E-state index contributed by atoms with van der Waals surface area (Å²) in [5.41, 5.74) is 1.67. The average Bonchev–Trinajstić information content (AvgIpc) is 2.95. The van der Waals surface area contributed by atoms with Crippen molar-refractivity contribution in [3.8, 4) is 0 Å². The van der Waals surface area contributed by atoms with E-state index in [4.69, 9.17) is 23.2 Å². The number of amides is 4. The first-order chi connectivity index (χ1) is 19.3. The van der Waals surface area contributed by atoms with E-state index in [2.05, 4.69) is 0 Å². The van der Waals surface area contributed by atoms with Crippen LogP contribution in [0.3, 0.4) is 0 Å². The Morgan fingerprint density at radius 2 is 0.900 bits per heavy atom. The Morgan fingerprint density at radius 1 is 0.525 bits per heavy atom. The molecule has 7 rings (SSSR count). The maximum atomic E-state index is 13.6. The second-order valence-electron chi connectivity index (χ2n) is 10.6. The number of benzene rings is 5. The Bertz CT molecular complexity index is 1850. The van der Waals surface area contributed by atoms with Crippen LogP contribution in [0.4, 0.5) is 0 Å². The lowest BCUT2D eigenvalue weighted by molar-refractivity contribution is 0.0593. The number of unbranched alkanes of at least 4 members (excludes halogenated alkanes) is 2. The molecule has 2 aliphatic heterocycles. The van der Waals surface area contributed by atoms with Gasteiger partial charge in [-0.2, -0.15) is 0 Å². The molecule has 5 aromatic carbocycles. The maximum absolute atomic E-state index is 13.6. The van der Waals surface area contributed by atoms with Gasteiger partial charge < -0.3 is 0 Å². The zero-order valence-corrected chi connectivity index (χ0v) is 23.5. The molecule has 0 atom stereocenters. The molecule has 0 saturated carbocycles. The summed E-state index contributed by atoms with van der Waals surface area (Å²) < 4.78 is 0. The van der Waals surface area contributed by atoms with Crippen LogP contribution in [0.15, 0.2) is 36.4 Å². The van der Waals surface area contributed by atoms with Crippen LogP contribution in [-0.2, 0) is 0 Å². The second kappa shape index (κ2) is 8.88. The van der Waals surface area contributed by atoms with E-state index in [-0.39, 0.29) is 23.6 Å². The van der Waals surface area contributed by atoms with Gasteiger partial charge in [0.15, 0.2) is 0 Å². The van der Waals surface area contributed by atoms with Gasteiger partial charge in [0, 0.05) is 66.6 Å². The van der Waals surface area contributed by atoms with Crippen molar-refractivity contribution in [1.82, 2.24) is 9.80 Å². The van der Waals surface area contributed by atoms with Gasteiger partial charge in [0.2, 0.25) is 0 Å². The highest BCUT2D eigenvalue weighted by Gasteiger charge is 2.37. The molecule has 8 heteroatoms. The molecule has 0 saturated heterocycles. The van der Waals surface area contributed by atoms with E-state index in [0.717, 1.165) is 23.6 Å². The summed E-state index contributed by atoms with van der Waals surface area (Å²) >= 11 is 13.9. The molecule has 0 aliphatic carbocycles. The highest BCUT2D eigenvalue weighted by Crippen LogP contribution is 2.50. The number of rotatable bonds is 6. The van der Waals surface area contributed by atoms with Crippen LogP contribution in [-0.4, -0.2) is 46.5 Å². The van der Waals surface area contributed by atoms with E-state index in [1.165, 1.54) is 9.80 Å². The van der Waals surface area contributed by atoms with Crippen molar-refractivity contribution in [2.75, 3.05) is 13.1 Å². The molecule has 200 valence electrons. The number of fused-ring (bicyclic) bond motifs is 2. The number of halogens is 2. The summed E-state index contributed by atoms with van der Waals surface area (Å²) in [4.78, 5) is 56.8. The lowest BCUT2D eigenvalue weighted by Crippen LogP contribution is -2.41. The van der Waals surface area contributed by atoms with Crippen molar-refractivity contribution in [3.63, 3.8) is 0 Å². The molecule has 0 spiro atoms. The number of hydrogen-bond acceptors (Lipinski definition) is 4. The largest absolute Gasteiger partial charge is 0.274 e. The predicted octanol–water partition coefficient (Wildman–Crippen LogP) is 7.84. The number of carbonyl (C=O) groups is 4. The molecule has 40 heavy (non-hydrogen) atoms. The fraction of sp³-hybridized carbons (Fsp3) is 0.250. The van der Waals surface area contributed by atoms with Gasteiger partial charge in [-0.05, 0) is 47.9 Å². The van der Waals surface area contributed by atoms with Crippen LogP contribution in [0.5, 0.6) is 0 Å². The minimum Gasteiger partial charge on any atom is -0.274 e. The standard InChI is InChI=1S/C32H24Cl2N2O4/c1-3-5-11-35-29(37)17-9-7-15-16-8-10-18-24-20(32(40)36(30(18)38)12-6-4-2)14-22(34)28(26(16)24)27-21(33)13-19(31(35)39)23(17)25(15)27/h7-10,13-14H,3-6,11-12H2,1-2H3. The van der Waals surface area contributed by atoms with E-state index in [9.17, 15) is 19.2 Å². The van der Waals surface area contributed by atoms with Crippen LogP contribution in [0, 0.1) is 0 Å². The van der Waals surface area contributed by atoms with Crippen LogP contribution < -0.4 is 0 Å². The zero-order valence-electron chi connectivity index (χ0n) is 22.0. The van der Waals surface area contributed by atoms with E-state index in [0.29, 0.717) is 90.5 Å².